The Kier molecular flexibility index (Phi) is 4.13. The fourth-order valence-electron chi connectivity index (χ4n) is 2.03. The van der Waals surface area contributed by atoms with Crippen molar-refractivity contribution in [1.82, 2.24) is 0 Å². The van der Waals surface area contributed by atoms with Crippen LogP contribution >= 0.6 is 27.7 Å². The number of para-hydroxylation sites is 1. The van der Waals surface area contributed by atoms with Crippen LogP contribution in [0.5, 0.6) is 0 Å². The van der Waals surface area contributed by atoms with Gasteiger partial charge in [0.25, 0.3) is 11.1 Å². The molecule has 2 aromatic rings. The Morgan fingerprint density at radius 2 is 1.82 bits per heavy atom. The summed E-state index contributed by atoms with van der Waals surface area (Å²) in [6, 6.07) is 13.1. The van der Waals surface area contributed by atoms with Gasteiger partial charge in [-0.3, -0.25) is 9.59 Å². The predicted octanol–water partition coefficient (Wildman–Crippen LogP) is 4.83. The van der Waals surface area contributed by atoms with E-state index >= 15 is 0 Å². The van der Waals surface area contributed by atoms with Crippen molar-refractivity contribution in [2.45, 2.75) is 0 Å². The van der Waals surface area contributed by atoms with Crippen molar-refractivity contribution < 1.29 is 14.0 Å². The summed E-state index contributed by atoms with van der Waals surface area (Å²) in [5, 5.41) is -0.391. The molecule has 1 aliphatic heterocycles. The molecule has 0 atom stereocenters. The summed E-state index contributed by atoms with van der Waals surface area (Å²) >= 11 is 4.06. The number of nitrogens with zero attached hydrogens (tertiary/aromatic N) is 1. The first-order chi connectivity index (χ1) is 10.6. The van der Waals surface area contributed by atoms with Crippen LogP contribution in [0.1, 0.15) is 5.56 Å². The van der Waals surface area contributed by atoms with Crippen molar-refractivity contribution in [3.05, 3.63) is 69.3 Å². The number of amides is 2. The first-order valence-corrected chi connectivity index (χ1v) is 7.95. The zero-order valence-corrected chi connectivity index (χ0v) is 13.5. The van der Waals surface area contributed by atoms with Crippen LogP contribution in [-0.2, 0) is 4.79 Å². The number of carbonyl (C=O) groups is 2. The van der Waals surface area contributed by atoms with Gasteiger partial charge in [-0.05, 0) is 48.2 Å². The van der Waals surface area contributed by atoms with E-state index in [1.807, 2.05) is 0 Å². The van der Waals surface area contributed by atoms with Gasteiger partial charge >= 0.3 is 0 Å². The van der Waals surface area contributed by atoms with Crippen molar-refractivity contribution in [3.63, 3.8) is 0 Å². The van der Waals surface area contributed by atoms with E-state index < -0.39 is 17.0 Å². The predicted molar refractivity (Wildman–Crippen MR) is 89.0 cm³/mol. The van der Waals surface area contributed by atoms with Gasteiger partial charge in [-0.1, -0.05) is 34.1 Å². The first-order valence-electron chi connectivity index (χ1n) is 6.34. The fraction of sp³-hybridized carbons (Fsp3) is 0. The number of rotatable bonds is 2. The van der Waals surface area contributed by atoms with Gasteiger partial charge in [0.15, 0.2) is 0 Å². The van der Waals surface area contributed by atoms with Crippen LogP contribution in [0.4, 0.5) is 14.9 Å². The van der Waals surface area contributed by atoms with Crippen LogP contribution in [-0.4, -0.2) is 11.1 Å². The number of thioether (sulfide) groups is 1. The lowest BCUT2D eigenvalue weighted by Crippen LogP contribution is -2.27. The monoisotopic (exact) mass is 377 g/mol. The second-order valence-electron chi connectivity index (χ2n) is 4.52. The number of carbonyl (C=O) groups excluding carboxylic acids is 2. The molecule has 0 aliphatic carbocycles. The number of anilines is 1. The Labute approximate surface area is 138 Å². The topological polar surface area (TPSA) is 37.4 Å². The van der Waals surface area contributed by atoms with Gasteiger partial charge in [-0.25, -0.2) is 9.29 Å². The van der Waals surface area contributed by atoms with E-state index in [9.17, 15) is 14.0 Å². The van der Waals surface area contributed by atoms with E-state index in [-0.39, 0.29) is 10.5 Å². The molecule has 22 heavy (non-hydrogen) atoms. The number of imide groups is 1. The van der Waals surface area contributed by atoms with Gasteiger partial charge < -0.3 is 0 Å². The Bertz CT molecular complexity index is 792. The second-order valence-corrected chi connectivity index (χ2v) is 6.43. The lowest BCUT2D eigenvalue weighted by atomic mass is 10.2. The third-order valence-corrected chi connectivity index (χ3v) is 4.42. The van der Waals surface area contributed by atoms with Gasteiger partial charge in [0, 0.05) is 10.0 Å². The van der Waals surface area contributed by atoms with E-state index in [4.69, 9.17) is 0 Å². The minimum absolute atomic E-state index is 0.200. The van der Waals surface area contributed by atoms with Crippen LogP contribution < -0.4 is 4.90 Å². The first kappa shape index (κ1) is 15.0. The van der Waals surface area contributed by atoms with Crippen molar-refractivity contribution in [3.8, 4) is 0 Å². The van der Waals surface area contributed by atoms with Gasteiger partial charge in [0.2, 0.25) is 0 Å². The highest BCUT2D eigenvalue weighted by Gasteiger charge is 2.36. The van der Waals surface area contributed by atoms with Crippen molar-refractivity contribution >= 4 is 50.6 Å². The average Bonchev–Trinajstić information content (AvgIpc) is 2.78. The molecule has 1 heterocycles. The largest absolute Gasteiger partial charge is 0.298 e. The molecule has 0 radical (unpaired) electrons. The quantitative estimate of drug-likeness (QED) is 0.703. The molecule has 1 aliphatic rings. The summed E-state index contributed by atoms with van der Waals surface area (Å²) in [6.45, 7) is 0. The Morgan fingerprint density at radius 1 is 1.09 bits per heavy atom. The standard InChI is InChI=1S/C16H9BrFNO2S/c17-11-6-7-13(18)10(8-11)9-14-15(20)19(16(21)22-14)12-4-2-1-3-5-12/h1-9H/b14-9+. The second kappa shape index (κ2) is 6.06. The van der Waals surface area contributed by atoms with E-state index in [1.165, 1.54) is 12.1 Å². The lowest BCUT2D eigenvalue weighted by molar-refractivity contribution is -0.113. The molecule has 1 fully saturated rings. The van der Waals surface area contributed by atoms with Crippen molar-refractivity contribution in [1.29, 1.82) is 0 Å². The SMILES string of the molecule is O=C1S/C(=C/c2cc(Br)ccc2F)C(=O)N1c1ccccc1. The summed E-state index contributed by atoms with van der Waals surface area (Å²) in [5.41, 5.74) is 0.760. The highest BCUT2D eigenvalue weighted by molar-refractivity contribution is 9.10. The van der Waals surface area contributed by atoms with E-state index in [2.05, 4.69) is 15.9 Å². The minimum atomic E-state index is -0.449. The molecule has 0 unspecified atom stereocenters. The zero-order chi connectivity index (χ0) is 15.7. The number of benzene rings is 2. The third-order valence-electron chi connectivity index (χ3n) is 3.05. The molecule has 2 amide bonds. The molecule has 2 aromatic carbocycles. The maximum Gasteiger partial charge on any atom is 0.298 e. The highest BCUT2D eigenvalue weighted by Crippen LogP contribution is 2.36. The average molecular weight is 378 g/mol. The van der Waals surface area contributed by atoms with Crippen molar-refractivity contribution in [2.24, 2.45) is 0 Å². The Balaban J connectivity index is 1.97. The van der Waals surface area contributed by atoms with Crippen LogP contribution in [0.2, 0.25) is 0 Å². The van der Waals surface area contributed by atoms with Crippen LogP contribution in [0.25, 0.3) is 6.08 Å². The zero-order valence-electron chi connectivity index (χ0n) is 11.1. The molecule has 0 aromatic heterocycles. The molecule has 6 heteroatoms. The molecule has 110 valence electrons. The molecule has 3 nitrogen and oxygen atoms in total. The Hall–Kier alpha value is -1.92. The highest BCUT2D eigenvalue weighted by atomic mass is 79.9. The van der Waals surface area contributed by atoms with E-state index in [1.54, 1.807) is 42.5 Å². The molecule has 0 bridgehead atoms. The van der Waals surface area contributed by atoms with E-state index in [0.717, 1.165) is 16.7 Å². The van der Waals surface area contributed by atoms with Gasteiger partial charge in [-0.15, -0.1) is 0 Å². The summed E-state index contributed by atoms with van der Waals surface area (Å²) in [7, 11) is 0. The van der Waals surface area contributed by atoms with Crippen LogP contribution in [0, 0.1) is 5.82 Å². The molecule has 0 N–H and O–H groups in total. The molecular weight excluding hydrogens is 369 g/mol. The number of hydrogen-bond acceptors (Lipinski definition) is 3. The Morgan fingerprint density at radius 3 is 2.55 bits per heavy atom. The van der Waals surface area contributed by atoms with Crippen LogP contribution in [0.3, 0.4) is 0 Å². The summed E-state index contributed by atoms with van der Waals surface area (Å²) in [6.07, 6.45) is 1.40. The molecule has 3 rings (SSSR count). The molecule has 0 saturated carbocycles. The third kappa shape index (κ3) is 2.84. The summed E-state index contributed by atoms with van der Waals surface area (Å²) < 4.78 is 14.5. The number of halogens is 2. The normalized spacial score (nSPS) is 16.6. The van der Waals surface area contributed by atoms with Gasteiger partial charge in [-0.2, -0.15) is 0 Å². The van der Waals surface area contributed by atoms with Gasteiger partial charge in [0.05, 0.1) is 10.6 Å². The smallest absolute Gasteiger partial charge is 0.268 e. The van der Waals surface area contributed by atoms with Crippen molar-refractivity contribution in [2.75, 3.05) is 4.90 Å². The van der Waals surface area contributed by atoms with Crippen LogP contribution in [0.15, 0.2) is 57.9 Å². The molecule has 0 spiro atoms. The fourth-order valence-corrected chi connectivity index (χ4v) is 3.24. The van der Waals surface area contributed by atoms with E-state index in [0.29, 0.717) is 10.2 Å². The van der Waals surface area contributed by atoms with Gasteiger partial charge in [0.1, 0.15) is 5.82 Å². The summed E-state index contributed by atoms with van der Waals surface area (Å²) in [5.74, 6) is -0.893. The minimum Gasteiger partial charge on any atom is -0.268 e. The number of hydrogen-bond donors (Lipinski definition) is 0. The molecule has 1 saturated heterocycles. The maximum absolute atomic E-state index is 13.8. The molecular formula is C16H9BrFNO2S. The maximum atomic E-state index is 13.8. The summed E-state index contributed by atoms with van der Waals surface area (Å²) in [4.78, 5) is 25.8. The lowest BCUT2D eigenvalue weighted by Gasteiger charge is -2.11.